The van der Waals surface area contributed by atoms with Crippen molar-refractivity contribution in [1.82, 2.24) is 5.32 Å². The summed E-state index contributed by atoms with van der Waals surface area (Å²) in [5, 5.41) is 3.43. The molecule has 108 valence electrons. The Morgan fingerprint density at radius 2 is 1.89 bits per heavy atom. The average Bonchev–Trinajstić information content (AvgIpc) is 2.25. The van der Waals surface area contributed by atoms with Crippen molar-refractivity contribution >= 4 is 5.69 Å². The standard InChI is InChI=1S/C15H24F2N2/c1-11-8-13(19(5)10-14(16)17)7-6-12(11)9-18-15(2,3)4/h6-8,14,18H,9-10H2,1-5H3. The minimum absolute atomic E-state index is 0.0670. The van der Waals surface area contributed by atoms with Gasteiger partial charge in [-0.05, 0) is 51.0 Å². The highest BCUT2D eigenvalue weighted by Crippen LogP contribution is 2.19. The van der Waals surface area contributed by atoms with Gasteiger partial charge in [-0.3, -0.25) is 0 Å². The fraction of sp³-hybridized carbons (Fsp3) is 0.600. The predicted molar refractivity (Wildman–Crippen MR) is 77.0 cm³/mol. The zero-order valence-corrected chi connectivity index (χ0v) is 12.4. The molecule has 0 aliphatic rings. The smallest absolute Gasteiger partial charge is 0.255 e. The van der Waals surface area contributed by atoms with Gasteiger partial charge in [-0.25, -0.2) is 8.78 Å². The van der Waals surface area contributed by atoms with Crippen molar-refractivity contribution in [3.05, 3.63) is 29.3 Å². The fourth-order valence-corrected chi connectivity index (χ4v) is 1.79. The summed E-state index contributed by atoms with van der Waals surface area (Å²) < 4.78 is 24.7. The van der Waals surface area contributed by atoms with Crippen LogP contribution in [0.2, 0.25) is 0 Å². The van der Waals surface area contributed by atoms with E-state index in [1.165, 1.54) is 5.56 Å². The summed E-state index contributed by atoms with van der Waals surface area (Å²) in [4.78, 5) is 1.58. The Morgan fingerprint density at radius 1 is 1.26 bits per heavy atom. The lowest BCUT2D eigenvalue weighted by atomic mass is 10.0. The lowest BCUT2D eigenvalue weighted by Crippen LogP contribution is -2.35. The Balaban J connectivity index is 2.74. The van der Waals surface area contributed by atoms with Crippen molar-refractivity contribution in [1.29, 1.82) is 0 Å². The molecule has 0 aliphatic carbocycles. The molecular formula is C15H24F2N2. The van der Waals surface area contributed by atoms with Gasteiger partial charge < -0.3 is 10.2 Å². The summed E-state index contributed by atoms with van der Waals surface area (Å²) >= 11 is 0. The predicted octanol–water partition coefficient (Wildman–Crippen LogP) is 3.58. The van der Waals surface area contributed by atoms with Crippen LogP contribution < -0.4 is 10.2 Å². The van der Waals surface area contributed by atoms with Crippen LogP contribution in [-0.4, -0.2) is 25.6 Å². The van der Waals surface area contributed by atoms with E-state index in [1.807, 2.05) is 25.1 Å². The molecule has 0 saturated heterocycles. The third kappa shape index (κ3) is 5.55. The summed E-state index contributed by atoms with van der Waals surface area (Å²) in [5.41, 5.74) is 3.22. The molecule has 2 nitrogen and oxygen atoms in total. The molecule has 0 unspecified atom stereocenters. The highest BCUT2D eigenvalue weighted by molar-refractivity contribution is 5.50. The zero-order chi connectivity index (χ0) is 14.6. The molecule has 0 aliphatic heterocycles. The topological polar surface area (TPSA) is 15.3 Å². The van der Waals surface area contributed by atoms with E-state index in [4.69, 9.17) is 0 Å². The Kier molecular flexibility index (Phi) is 5.29. The van der Waals surface area contributed by atoms with Crippen molar-refractivity contribution in [2.75, 3.05) is 18.5 Å². The van der Waals surface area contributed by atoms with Crippen molar-refractivity contribution < 1.29 is 8.78 Å². The maximum absolute atomic E-state index is 12.4. The molecule has 1 aromatic rings. The quantitative estimate of drug-likeness (QED) is 0.879. The molecule has 1 aromatic carbocycles. The maximum atomic E-state index is 12.4. The van der Waals surface area contributed by atoms with Crippen molar-refractivity contribution in [3.63, 3.8) is 0 Å². The summed E-state index contributed by atoms with van der Waals surface area (Å²) in [6.07, 6.45) is -2.31. The van der Waals surface area contributed by atoms with E-state index in [0.29, 0.717) is 0 Å². The second-order valence-corrected chi connectivity index (χ2v) is 5.99. The Labute approximate surface area is 114 Å². The summed E-state index contributed by atoms with van der Waals surface area (Å²) in [6, 6.07) is 5.86. The van der Waals surface area contributed by atoms with Gasteiger partial charge in [-0.15, -0.1) is 0 Å². The first kappa shape index (κ1) is 15.9. The third-order valence-corrected chi connectivity index (χ3v) is 2.99. The van der Waals surface area contributed by atoms with Crippen LogP contribution in [0, 0.1) is 6.92 Å². The van der Waals surface area contributed by atoms with Gasteiger partial charge in [0.1, 0.15) is 0 Å². The number of hydrogen-bond donors (Lipinski definition) is 1. The van der Waals surface area contributed by atoms with Gasteiger partial charge in [0, 0.05) is 24.8 Å². The first-order chi connectivity index (χ1) is 8.69. The van der Waals surface area contributed by atoms with Crippen molar-refractivity contribution in [3.8, 4) is 0 Å². The van der Waals surface area contributed by atoms with E-state index in [1.54, 1.807) is 11.9 Å². The molecule has 0 heterocycles. The van der Waals surface area contributed by atoms with Crippen LogP contribution in [0.5, 0.6) is 0 Å². The first-order valence-electron chi connectivity index (χ1n) is 6.53. The molecule has 1 rings (SSSR count). The molecule has 0 bridgehead atoms. The minimum Gasteiger partial charge on any atom is -0.369 e. The lowest BCUT2D eigenvalue weighted by Gasteiger charge is -2.23. The van der Waals surface area contributed by atoms with E-state index in [0.717, 1.165) is 17.8 Å². The Bertz CT molecular complexity index is 411. The summed E-state index contributed by atoms with van der Waals surface area (Å²) in [7, 11) is 1.69. The molecule has 19 heavy (non-hydrogen) atoms. The van der Waals surface area contributed by atoms with E-state index in [9.17, 15) is 8.78 Å². The van der Waals surface area contributed by atoms with Gasteiger partial charge in [0.05, 0.1) is 6.54 Å². The molecule has 0 spiro atoms. The summed E-state index contributed by atoms with van der Waals surface area (Å²) in [6.45, 7) is 8.92. The number of benzene rings is 1. The molecule has 0 amide bonds. The number of rotatable bonds is 5. The van der Waals surface area contributed by atoms with Crippen LogP contribution in [0.1, 0.15) is 31.9 Å². The van der Waals surface area contributed by atoms with Crippen LogP contribution >= 0.6 is 0 Å². The largest absolute Gasteiger partial charge is 0.369 e. The molecular weight excluding hydrogens is 246 g/mol. The molecule has 0 radical (unpaired) electrons. The second-order valence-electron chi connectivity index (χ2n) is 5.99. The van der Waals surface area contributed by atoms with Crippen LogP contribution in [0.4, 0.5) is 14.5 Å². The van der Waals surface area contributed by atoms with E-state index < -0.39 is 6.43 Å². The van der Waals surface area contributed by atoms with Crippen molar-refractivity contribution in [2.45, 2.75) is 46.2 Å². The second kappa shape index (κ2) is 6.33. The number of nitrogens with zero attached hydrogens (tertiary/aromatic N) is 1. The van der Waals surface area contributed by atoms with E-state index in [-0.39, 0.29) is 12.1 Å². The lowest BCUT2D eigenvalue weighted by molar-refractivity contribution is 0.156. The molecule has 4 heteroatoms. The normalized spacial score (nSPS) is 12.0. The van der Waals surface area contributed by atoms with Gasteiger partial charge in [0.15, 0.2) is 0 Å². The number of anilines is 1. The highest BCUT2D eigenvalue weighted by Gasteiger charge is 2.12. The maximum Gasteiger partial charge on any atom is 0.255 e. The molecule has 0 aromatic heterocycles. The number of aryl methyl sites for hydroxylation is 1. The zero-order valence-electron chi connectivity index (χ0n) is 12.4. The number of hydrogen-bond acceptors (Lipinski definition) is 2. The SMILES string of the molecule is Cc1cc(N(C)CC(F)F)ccc1CNC(C)(C)C. The number of nitrogens with one attached hydrogen (secondary N) is 1. The van der Waals surface area contributed by atoms with E-state index in [2.05, 4.69) is 26.1 Å². The van der Waals surface area contributed by atoms with Crippen molar-refractivity contribution in [2.24, 2.45) is 0 Å². The minimum atomic E-state index is -2.31. The van der Waals surface area contributed by atoms with Gasteiger partial charge in [-0.2, -0.15) is 0 Å². The van der Waals surface area contributed by atoms with Crippen LogP contribution in [-0.2, 0) is 6.54 Å². The van der Waals surface area contributed by atoms with Gasteiger partial charge in [0.25, 0.3) is 6.43 Å². The monoisotopic (exact) mass is 270 g/mol. The first-order valence-corrected chi connectivity index (χ1v) is 6.53. The van der Waals surface area contributed by atoms with Crippen LogP contribution in [0.15, 0.2) is 18.2 Å². The average molecular weight is 270 g/mol. The third-order valence-electron chi connectivity index (χ3n) is 2.99. The molecule has 0 saturated carbocycles. The fourth-order valence-electron chi connectivity index (χ4n) is 1.79. The van der Waals surface area contributed by atoms with E-state index >= 15 is 0 Å². The van der Waals surface area contributed by atoms with Gasteiger partial charge in [0.2, 0.25) is 0 Å². The Morgan fingerprint density at radius 3 is 2.37 bits per heavy atom. The molecule has 0 fully saturated rings. The number of halogens is 2. The highest BCUT2D eigenvalue weighted by atomic mass is 19.3. The summed E-state index contributed by atoms with van der Waals surface area (Å²) in [5.74, 6) is 0. The van der Waals surface area contributed by atoms with Crippen LogP contribution in [0.3, 0.4) is 0 Å². The molecule has 0 atom stereocenters. The van der Waals surface area contributed by atoms with Gasteiger partial charge >= 0.3 is 0 Å². The Hall–Kier alpha value is -1.16. The number of alkyl halides is 2. The van der Waals surface area contributed by atoms with Gasteiger partial charge in [-0.1, -0.05) is 6.07 Å². The molecule has 1 N–H and O–H groups in total. The van der Waals surface area contributed by atoms with Crippen LogP contribution in [0.25, 0.3) is 0 Å².